The number of aliphatic hydroxyl groups is 1. The third-order valence-electron chi connectivity index (χ3n) is 3.25. The van der Waals surface area contributed by atoms with Crippen molar-refractivity contribution >= 4 is 10.9 Å². The van der Waals surface area contributed by atoms with Crippen LogP contribution in [0.1, 0.15) is 5.56 Å². The van der Waals surface area contributed by atoms with Gasteiger partial charge in [0, 0.05) is 5.56 Å². The molecular formula is C20H15OS+. The van der Waals surface area contributed by atoms with Gasteiger partial charge in [0.05, 0.1) is 10.9 Å². The van der Waals surface area contributed by atoms with Crippen LogP contribution >= 0.6 is 0 Å². The van der Waals surface area contributed by atoms with Crippen molar-refractivity contribution in [2.24, 2.45) is 0 Å². The third kappa shape index (κ3) is 3.16. The van der Waals surface area contributed by atoms with Gasteiger partial charge in [-0.25, -0.2) is 0 Å². The number of aliphatic hydroxyl groups excluding tert-OH is 1. The lowest BCUT2D eigenvalue weighted by Crippen LogP contribution is -2.04. The monoisotopic (exact) mass is 303 g/mol. The summed E-state index contributed by atoms with van der Waals surface area (Å²) in [6.45, 7) is 0. The van der Waals surface area contributed by atoms with Gasteiger partial charge in [0.15, 0.2) is 14.7 Å². The predicted molar refractivity (Wildman–Crippen MR) is 90.3 cm³/mol. The molecule has 1 N–H and O–H groups in total. The summed E-state index contributed by atoms with van der Waals surface area (Å²) in [6, 6.07) is 29.1. The first-order valence-electron chi connectivity index (χ1n) is 6.98. The number of benzene rings is 3. The van der Waals surface area contributed by atoms with Gasteiger partial charge >= 0.3 is 0 Å². The average molecular weight is 303 g/mol. The van der Waals surface area contributed by atoms with E-state index in [4.69, 9.17) is 5.11 Å². The summed E-state index contributed by atoms with van der Waals surface area (Å²) in [4.78, 5) is 3.81. The molecule has 0 aliphatic carbocycles. The van der Waals surface area contributed by atoms with Crippen molar-refractivity contribution in [1.82, 2.24) is 0 Å². The van der Waals surface area contributed by atoms with Gasteiger partial charge < -0.3 is 5.11 Å². The lowest BCUT2D eigenvalue weighted by Gasteiger charge is -2.07. The predicted octanol–water partition coefficient (Wildman–Crippen LogP) is 4.46. The van der Waals surface area contributed by atoms with E-state index in [1.807, 2.05) is 30.4 Å². The van der Waals surface area contributed by atoms with Crippen LogP contribution in [0.15, 0.2) is 99.6 Å². The lowest BCUT2D eigenvalue weighted by atomic mass is 10.2. The molecule has 22 heavy (non-hydrogen) atoms. The number of hydrogen-bond donors (Lipinski definition) is 1. The quantitative estimate of drug-likeness (QED) is 0.559. The molecule has 0 aliphatic rings. The topological polar surface area (TPSA) is 20.2 Å². The Morgan fingerprint density at radius 3 is 1.50 bits per heavy atom. The molecule has 1 nitrogen and oxygen atoms in total. The molecule has 0 atom stereocenters. The second-order valence-corrected chi connectivity index (χ2v) is 6.72. The van der Waals surface area contributed by atoms with Gasteiger partial charge in [-0.1, -0.05) is 36.4 Å². The largest absolute Gasteiger partial charge is 0.462 e. The van der Waals surface area contributed by atoms with E-state index < -0.39 is 0 Å². The van der Waals surface area contributed by atoms with E-state index in [2.05, 4.69) is 66.6 Å². The molecule has 3 rings (SSSR count). The fourth-order valence-electron chi connectivity index (χ4n) is 2.26. The zero-order valence-corrected chi connectivity index (χ0v) is 12.8. The van der Waals surface area contributed by atoms with Crippen molar-refractivity contribution in [1.29, 1.82) is 0 Å². The molecule has 0 aromatic heterocycles. The molecule has 0 aliphatic heterocycles. The van der Waals surface area contributed by atoms with Crippen molar-refractivity contribution in [2.45, 2.75) is 14.7 Å². The molecule has 0 bridgehead atoms. The van der Waals surface area contributed by atoms with Gasteiger partial charge in [-0.2, -0.15) is 0 Å². The highest BCUT2D eigenvalue weighted by atomic mass is 32.2. The Morgan fingerprint density at radius 2 is 1.05 bits per heavy atom. The van der Waals surface area contributed by atoms with Gasteiger partial charge in [-0.3, -0.25) is 0 Å². The Bertz CT molecular complexity index is 744. The first-order chi connectivity index (χ1) is 10.9. The van der Waals surface area contributed by atoms with Gasteiger partial charge in [0.25, 0.3) is 0 Å². The summed E-state index contributed by atoms with van der Waals surface area (Å²) in [7, 11) is -0.138. The molecule has 0 radical (unpaired) electrons. The highest BCUT2D eigenvalue weighted by Crippen LogP contribution is 2.30. The summed E-state index contributed by atoms with van der Waals surface area (Å²) in [5.41, 5.74) is 0.816. The molecule has 0 saturated carbocycles. The molecular weight excluding hydrogens is 288 g/mol. The van der Waals surface area contributed by atoms with Crippen molar-refractivity contribution in [3.05, 3.63) is 90.5 Å². The standard InChI is InChI=1S/C20H14OS/c21-16-15-17-11-13-20(14-12-17)22(18-7-3-1-4-8-18)19-9-5-2-6-10-19/h1-14H/p+1. The normalized spacial score (nSPS) is 10.0. The molecule has 3 aromatic carbocycles. The molecule has 0 amide bonds. The lowest BCUT2D eigenvalue weighted by molar-refractivity contribution is 0.517. The molecule has 0 heterocycles. The zero-order valence-electron chi connectivity index (χ0n) is 11.9. The SMILES string of the molecule is OC#Cc1ccc([S+](c2ccccc2)c2ccccc2)cc1. The minimum atomic E-state index is -0.138. The Balaban J connectivity index is 2.07. The minimum Gasteiger partial charge on any atom is -0.462 e. The van der Waals surface area contributed by atoms with Crippen LogP contribution in [0.2, 0.25) is 0 Å². The van der Waals surface area contributed by atoms with Crippen LogP contribution in [0, 0.1) is 12.0 Å². The second kappa shape index (κ2) is 6.89. The fraction of sp³-hybridized carbons (Fsp3) is 0. The summed E-state index contributed by atoms with van der Waals surface area (Å²) in [5.74, 6) is 2.66. The fourth-order valence-corrected chi connectivity index (χ4v) is 4.34. The summed E-state index contributed by atoms with van der Waals surface area (Å²) >= 11 is 0. The molecule has 0 saturated heterocycles. The van der Waals surface area contributed by atoms with Gasteiger partial charge in [0.2, 0.25) is 0 Å². The first kappa shape index (κ1) is 14.3. The maximum atomic E-state index is 8.69. The average Bonchev–Trinajstić information content (AvgIpc) is 2.59. The van der Waals surface area contributed by atoms with Crippen LogP contribution in [-0.2, 0) is 10.9 Å². The molecule has 0 fully saturated rings. The maximum Gasteiger partial charge on any atom is 0.166 e. The number of hydrogen-bond acceptors (Lipinski definition) is 1. The maximum absolute atomic E-state index is 8.69. The van der Waals surface area contributed by atoms with E-state index in [9.17, 15) is 0 Å². The Labute approximate surface area is 133 Å². The summed E-state index contributed by atoms with van der Waals surface area (Å²) in [6.07, 6.45) is 1.95. The van der Waals surface area contributed by atoms with Crippen LogP contribution in [0.25, 0.3) is 0 Å². The van der Waals surface area contributed by atoms with Crippen molar-refractivity contribution < 1.29 is 5.11 Å². The second-order valence-electron chi connectivity index (χ2n) is 4.69. The first-order valence-corrected chi connectivity index (χ1v) is 8.20. The van der Waals surface area contributed by atoms with Crippen LogP contribution in [0.4, 0.5) is 0 Å². The highest BCUT2D eigenvalue weighted by Gasteiger charge is 2.27. The van der Waals surface area contributed by atoms with Crippen LogP contribution < -0.4 is 0 Å². The Hall–Kier alpha value is -2.63. The van der Waals surface area contributed by atoms with E-state index >= 15 is 0 Å². The van der Waals surface area contributed by atoms with Crippen LogP contribution in [0.3, 0.4) is 0 Å². The van der Waals surface area contributed by atoms with Crippen LogP contribution in [0.5, 0.6) is 0 Å². The van der Waals surface area contributed by atoms with Crippen molar-refractivity contribution in [3.8, 4) is 12.0 Å². The Kier molecular flexibility index (Phi) is 4.48. The molecule has 3 aromatic rings. The van der Waals surface area contributed by atoms with E-state index in [0.29, 0.717) is 0 Å². The summed E-state index contributed by atoms with van der Waals surface area (Å²) < 4.78 is 0. The van der Waals surface area contributed by atoms with E-state index in [0.717, 1.165) is 5.56 Å². The molecule has 0 unspecified atom stereocenters. The minimum absolute atomic E-state index is 0.138. The van der Waals surface area contributed by atoms with Gasteiger partial charge in [-0.05, 0) is 54.5 Å². The highest BCUT2D eigenvalue weighted by molar-refractivity contribution is 7.97. The summed E-state index contributed by atoms with van der Waals surface area (Å²) in [5, 5.41) is 8.69. The zero-order chi connectivity index (χ0) is 15.2. The van der Waals surface area contributed by atoms with Crippen molar-refractivity contribution in [3.63, 3.8) is 0 Å². The van der Waals surface area contributed by atoms with E-state index in [-0.39, 0.29) is 10.9 Å². The molecule has 106 valence electrons. The van der Waals surface area contributed by atoms with Gasteiger partial charge in [0.1, 0.15) is 6.11 Å². The van der Waals surface area contributed by atoms with Crippen LogP contribution in [-0.4, -0.2) is 5.11 Å². The number of rotatable bonds is 3. The third-order valence-corrected chi connectivity index (χ3v) is 5.48. The molecule has 0 spiro atoms. The van der Waals surface area contributed by atoms with Gasteiger partial charge in [-0.15, -0.1) is 0 Å². The van der Waals surface area contributed by atoms with E-state index in [1.165, 1.54) is 14.7 Å². The van der Waals surface area contributed by atoms with Crippen molar-refractivity contribution in [2.75, 3.05) is 0 Å². The van der Waals surface area contributed by atoms with E-state index in [1.54, 1.807) is 0 Å². The smallest absolute Gasteiger partial charge is 0.166 e. The Morgan fingerprint density at radius 1 is 0.591 bits per heavy atom. The molecule has 2 heteroatoms.